The Kier molecular flexibility index (Phi) is 9.11. The number of anilines is 2. The third-order valence-electron chi connectivity index (χ3n) is 4.83. The molecule has 0 spiro atoms. The van der Waals surface area contributed by atoms with E-state index in [-0.39, 0.29) is 24.2 Å². The second kappa shape index (κ2) is 12.5. The van der Waals surface area contributed by atoms with Crippen molar-refractivity contribution in [2.75, 3.05) is 36.2 Å². The van der Waals surface area contributed by atoms with Crippen molar-refractivity contribution < 1.29 is 23.9 Å². The largest absolute Gasteiger partial charge is 0.497 e. The number of ether oxygens (including phenoxy) is 2. The second-order valence-electron chi connectivity index (χ2n) is 7.11. The van der Waals surface area contributed by atoms with Gasteiger partial charge < -0.3 is 19.7 Å². The number of carbonyl (C=O) groups is 3. The first-order chi connectivity index (χ1) is 16.5. The smallest absolute Gasteiger partial charge is 0.339 e. The Hall–Kier alpha value is -3.78. The van der Waals surface area contributed by atoms with Gasteiger partial charge in [0.2, 0.25) is 5.91 Å². The molecular weight excluding hydrogens is 452 g/mol. The highest BCUT2D eigenvalue weighted by Crippen LogP contribution is 2.24. The standard InChI is InChI=1S/C26H26N2O5S/c1-3-28(20-11-5-4-6-12-20)25(30)17-33-26(31)22-14-7-8-15-23(22)34-18-24(29)27-19-10-9-13-21(16-19)32-2/h4-16H,3,17-18H2,1-2H3,(H,27,29). The molecule has 0 heterocycles. The molecule has 0 fully saturated rings. The molecule has 176 valence electrons. The summed E-state index contributed by atoms with van der Waals surface area (Å²) < 4.78 is 10.5. The van der Waals surface area contributed by atoms with E-state index in [1.165, 1.54) is 11.8 Å². The molecule has 8 heteroatoms. The fourth-order valence-corrected chi connectivity index (χ4v) is 4.04. The van der Waals surface area contributed by atoms with Crippen molar-refractivity contribution in [3.05, 3.63) is 84.4 Å². The quantitative estimate of drug-likeness (QED) is 0.338. The summed E-state index contributed by atoms with van der Waals surface area (Å²) in [6.45, 7) is 1.93. The summed E-state index contributed by atoms with van der Waals surface area (Å²) in [5.41, 5.74) is 1.66. The van der Waals surface area contributed by atoms with Crippen LogP contribution < -0.4 is 15.0 Å². The molecule has 0 aliphatic rings. The van der Waals surface area contributed by atoms with Gasteiger partial charge in [-0.15, -0.1) is 11.8 Å². The Morgan fingerprint density at radius 3 is 2.41 bits per heavy atom. The fraction of sp³-hybridized carbons (Fsp3) is 0.192. The third kappa shape index (κ3) is 6.86. The molecule has 1 N–H and O–H groups in total. The molecule has 0 saturated carbocycles. The summed E-state index contributed by atoms with van der Waals surface area (Å²) in [6, 6.07) is 23.1. The minimum Gasteiger partial charge on any atom is -0.497 e. The molecule has 0 bridgehead atoms. The number of amides is 2. The van der Waals surface area contributed by atoms with E-state index in [2.05, 4.69) is 5.32 Å². The maximum atomic E-state index is 12.7. The van der Waals surface area contributed by atoms with Crippen LogP contribution in [0.4, 0.5) is 11.4 Å². The topological polar surface area (TPSA) is 84.9 Å². The summed E-state index contributed by atoms with van der Waals surface area (Å²) >= 11 is 1.22. The van der Waals surface area contributed by atoms with Crippen molar-refractivity contribution >= 4 is 40.9 Å². The van der Waals surface area contributed by atoms with Crippen molar-refractivity contribution in [3.8, 4) is 5.75 Å². The highest BCUT2D eigenvalue weighted by Gasteiger charge is 2.19. The molecule has 0 aliphatic heterocycles. The molecule has 3 rings (SSSR count). The lowest BCUT2D eigenvalue weighted by Gasteiger charge is -2.20. The summed E-state index contributed by atoms with van der Waals surface area (Å²) in [4.78, 5) is 39.8. The molecule has 7 nitrogen and oxygen atoms in total. The van der Waals surface area contributed by atoms with Gasteiger partial charge >= 0.3 is 5.97 Å². The van der Waals surface area contributed by atoms with E-state index in [4.69, 9.17) is 9.47 Å². The second-order valence-corrected chi connectivity index (χ2v) is 8.13. The van der Waals surface area contributed by atoms with Crippen molar-refractivity contribution in [2.45, 2.75) is 11.8 Å². The summed E-state index contributed by atoms with van der Waals surface area (Å²) in [5.74, 6) is -0.420. The van der Waals surface area contributed by atoms with Crippen LogP contribution in [0.15, 0.2) is 83.8 Å². The van der Waals surface area contributed by atoms with Crippen LogP contribution in [-0.4, -0.2) is 43.8 Å². The molecule has 0 aliphatic carbocycles. The zero-order valence-electron chi connectivity index (χ0n) is 19.0. The molecule has 0 saturated heterocycles. The Morgan fingerprint density at radius 2 is 1.68 bits per heavy atom. The molecule has 2 amide bonds. The predicted molar refractivity (Wildman–Crippen MR) is 134 cm³/mol. The molecule has 0 unspecified atom stereocenters. The van der Waals surface area contributed by atoms with E-state index in [0.717, 1.165) is 5.69 Å². The fourth-order valence-electron chi connectivity index (χ4n) is 3.20. The third-order valence-corrected chi connectivity index (χ3v) is 5.90. The zero-order valence-corrected chi connectivity index (χ0v) is 19.8. The number of carbonyl (C=O) groups excluding carboxylic acids is 3. The first-order valence-corrected chi connectivity index (χ1v) is 11.7. The molecule has 3 aromatic carbocycles. The number of esters is 1. The minimum absolute atomic E-state index is 0.0953. The lowest BCUT2D eigenvalue weighted by Crippen LogP contribution is -2.34. The SMILES string of the molecule is CCN(C(=O)COC(=O)c1ccccc1SCC(=O)Nc1cccc(OC)c1)c1ccccc1. The van der Waals surface area contributed by atoms with Gasteiger partial charge in [0.1, 0.15) is 5.75 Å². The van der Waals surface area contributed by atoms with Crippen LogP contribution in [0.5, 0.6) is 5.75 Å². The normalized spacial score (nSPS) is 10.3. The van der Waals surface area contributed by atoms with E-state index in [1.807, 2.05) is 37.3 Å². The van der Waals surface area contributed by atoms with Gasteiger partial charge in [0.15, 0.2) is 6.61 Å². The maximum absolute atomic E-state index is 12.7. The van der Waals surface area contributed by atoms with Crippen molar-refractivity contribution in [1.82, 2.24) is 0 Å². The number of hydrogen-bond acceptors (Lipinski definition) is 6. The predicted octanol–water partition coefficient (Wildman–Crippen LogP) is 4.64. The van der Waals surface area contributed by atoms with E-state index in [1.54, 1.807) is 60.5 Å². The van der Waals surface area contributed by atoms with E-state index >= 15 is 0 Å². The van der Waals surface area contributed by atoms with E-state index in [0.29, 0.717) is 28.4 Å². The molecular formula is C26H26N2O5S. The molecule has 0 atom stereocenters. The van der Waals surface area contributed by atoms with Crippen molar-refractivity contribution in [1.29, 1.82) is 0 Å². The van der Waals surface area contributed by atoms with Gasteiger partial charge in [-0.2, -0.15) is 0 Å². The highest BCUT2D eigenvalue weighted by atomic mass is 32.2. The van der Waals surface area contributed by atoms with Crippen LogP contribution in [0.3, 0.4) is 0 Å². The number of methoxy groups -OCH3 is 1. The zero-order chi connectivity index (χ0) is 24.3. The molecule has 3 aromatic rings. The average Bonchev–Trinajstić information content (AvgIpc) is 2.87. The number of benzene rings is 3. The van der Waals surface area contributed by atoms with Crippen LogP contribution in [0.25, 0.3) is 0 Å². The van der Waals surface area contributed by atoms with Crippen LogP contribution in [0, 0.1) is 0 Å². The molecule has 34 heavy (non-hydrogen) atoms. The maximum Gasteiger partial charge on any atom is 0.339 e. The Morgan fingerprint density at radius 1 is 0.941 bits per heavy atom. The number of thioether (sulfide) groups is 1. The number of rotatable bonds is 10. The lowest BCUT2D eigenvalue weighted by atomic mass is 10.2. The van der Waals surface area contributed by atoms with Crippen molar-refractivity contribution in [2.24, 2.45) is 0 Å². The number of nitrogens with zero attached hydrogens (tertiary/aromatic N) is 1. The van der Waals surface area contributed by atoms with E-state index in [9.17, 15) is 14.4 Å². The Labute approximate surface area is 203 Å². The van der Waals surface area contributed by atoms with Gasteiger partial charge in [0, 0.05) is 28.9 Å². The van der Waals surface area contributed by atoms with Gasteiger partial charge in [-0.05, 0) is 43.3 Å². The highest BCUT2D eigenvalue weighted by molar-refractivity contribution is 8.00. The summed E-state index contributed by atoms with van der Waals surface area (Å²) in [5, 5.41) is 2.80. The Bertz CT molecular complexity index is 1140. The van der Waals surface area contributed by atoms with Gasteiger partial charge in [0.25, 0.3) is 5.91 Å². The summed E-state index contributed by atoms with van der Waals surface area (Å²) in [7, 11) is 1.56. The summed E-state index contributed by atoms with van der Waals surface area (Å²) in [6.07, 6.45) is 0. The first-order valence-electron chi connectivity index (χ1n) is 10.7. The van der Waals surface area contributed by atoms with Crippen LogP contribution in [-0.2, 0) is 14.3 Å². The van der Waals surface area contributed by atoms with Gasteiger partial charge in [0.05, 0.1) is 18.4 Å². The lowest BCUT2D eigenvalue weighted by molar-refractivity contribution is -0.121. The van der Waals surface area contributed by atoms with Crippen LogP contribution >= 0.6 is 11.8 Å². The monoisotopic (exact) mass is 478 g/mol. The Balaban J connectivity index is 1.58. The van der Waals surface area contributed by atoms with E-state index < -0.39 is 5.97 Å². The van der Waals surface area contributed by atoms with Crippen LogP contribution in [0.2, 0.25) is 0 Å². The molecule has 0 radical (unpaired) electrons. The number of hydrogen-bond donors (Lipinski definition) is 1. The number of likely N-dealkylation sites (N-methyl/N-ethyl adjacent to an activating group) is 1. The average molecular weight is 479 g/mol. The number of nitrogens with one attached hydrogen (secondary N) is 1. The molecule has 0 aromatic heterocycles. The van der Waals surface area contributed by atoms with Crippen LogP contribution in [0.1, 0.15) is 17.3 Å². The first kappa shape index (κ1) is 24.9. The minimum atomic E-state index is -0.617. The van der Waals surface area contributed by atoms with Gasteiger partial charge in [-0.1, -0.05) is 36.4 Å². The number of para-hydroxylation sites is 1. The van der Waals surface area contributed by atoms with Gasteiger partial charge in [-0.3, -0.25) is 9.59 Å². The van der Waals surface area contributed by atoms with Gasteiger partial charge in [-0.25, -0.2) is 4.79 Å². The van der Waals surface area contributed by atoms with Crippen molar-refractivity contribution in [3.63, 3.8) is 0 Å².